The van der Waals surface area contributed by atoms with Crippen LogP contribution in [-0.2, 0) is 4.74 Å². The summed E-state index contributed by atoms with van der Waals surface area (Å²) in [5, 5.41) is 3.31. The van der Waals surface area contributed by atoms with E-state index in [0.717, 1.165) is 6.54 Å². The zero-order valence-corrected chi connectivity index (χ0v) is 11.5. The smallest absolute Gasteiger partial charge is 0.340 e. The first kappa shape index (κ1) is 13.6. The number of anilines is 2. The van der Waals surface area contributed by atoms with Crippen LogP contribution in [0.5, 0.6) is 0 Å². The lowest BCUT2D eigenvalue weighted by molar-refractivity contribution is 0.0602. The Kier molecular flexibility index (Phi) is 3.93. The summed E-state index contributed by atoms with van der Waals surface area (Å²) in [6.07, 6.45) is 6.48. The summed E-state index contributed by atoms with van der Waals surface area (Å²) in [5.74, 6) is 0.242. The van der Waals surface area contributed by atoms with Crippen molar-refractivity contribution in [2.75, 3.05) is 24.7 Å². The van der Waals surface area contributed by atoms with Crippen molar-refractivity contribution in [2.24, 2.45) is 5.41 Å². The molecule has 0 unspecified atom stereocenters. The monoisotopic (exact) mass is 263 g/mol. The van der Waals surface area contributed by atoms with E-state index in [4.69, 9.17) is 10.5 Å². The number of esters is 1. The summed E-state index contributed by atoms with van der Waals surface area (Å²) in [4.78, 5) is 15.8. The Morgan fingerprint density at radius 2 is 2.32 bits per heavy atom. The first-order valence-corrected chi connectivity index (χ1v) is 6.68. The SMILES string of the molecule is CCC1(CNc2cc(C(=O)OC)c(N)cn2)CCC1. The second kappa shape index (κ2) is 5.47. The van der Waals surface area contributed by atoms with Crippen LogP contribution in [0.3, 0.4) is 0 Å². The number of aromatic nitrogens is 1. The highest BCUT2D eigenvalue weighted by atomic mass is 16.5. The molecule has 1 aliphatic carbocycles. The van der Waals surface area contributed by atoms with E-state index in [1.54, 1.807) is 6.07 Å². The van der Waals surface area contributed by atoms with Crippen LogP contribution in [0.4, 0.5) is 11.5 Å². The first-order valence-electron chi connectivity index (χ1n) is 6.68. The molecule has 0 bridgehead atoms. The average molecular weight is 263 g/mol. The van der Waals surface area contributed by atoms with Gasteiger partial charge in [-0.25, -0.2) is 9.78 Å². The molecular formula is C14H21N3O2. The van der Waals surface area contributed by atoms with Crippen molar-refractivity contribution in [3.05, 3.63) is 17.8 Å². The first-order chi connectivity index (χ1) is 9.10. The zero-order valence-electron chi connectivity index (χ0n) is 11.5. The predicted octanol–water partition coefficient (Wildman–Crippen LogP) is 2.44. The van der Waals surface area contributed by atoms with Gasteiger partial charge in [-0.3, -0.25) is 0 Å². The highest BCUT2D eigenvalue weighted by Crippen LogP contribution is 2.43. The molecule has 5 heteroatoms. The van der Waals surface area contributed by atoms with E-state index in [1.807, 2.05) is 0 Å². The third-order valence-corrected chi connectivity index (χ3v) is 4.15. The number of ether oxygens (including phenoxy) is 1. The quantitative estimate of drug-likeness (QED) is 0.798. The summed E-state index contributed by atoms with van der Waals surface area (Å²) in [6, 6.07) is 1.66. The van der Waals surface area contributed by atoms with Crippen molar-refractivity contribution in [2.45, 2.75) is 32.6 Å². The normalized spacial score (nSPS) is 16.5. The van der Waals surface area contributed by atoms with Gasteiger partial charge >= 0.3 is 5.97 Å². The Morgan fingerprint density at radius 1 is 1.58 bits per heavy atom. The van der Waals surface area contributed by atoms with Gasteiger partial charge in [0.1, 0.15) is 5.82 Å². The Labute approximate surface area is 113 Å². The van der Waals surface area contributed by atoms with E-state index in [1.165, 1.54) is 39.0 Å². The fourth-order valence-corrected chi connectivity index (χ4v) is 2.46. The second-order valence-electron chi connectivity index (χ2n) is 5.21. The van der Waals surface area contributed by atoms with Crippen molar-refractivity contribution < 1.29 is 9.53 Å². The van der Waals surface area contributed by atoms with E-state index >= 15 is 0 Å². The minimum Gasteiger partial charge on any atom is -0.465 e. The topological polar surface area (TPSA) is 77.2 Å². The number of hydrogen-bond acceptors (Lipinski definition) is 5. The molecule has 1 aromatic heterocycles. The Morgan fingerprint density at radius 3 is 2.84 bits per heavy atom. The summed E-state index contributed by atoms with van der Waals surface area (Å²) in [6.45, 7) is 3.11. The highest BCUT2D eigenvalue weighted by Gasteiger charge is 2.34. The number of methoxy groups -OCH3 is 1. The van der Waals surface area contributed by atoms with Gasteiger partial charge < -0.3 is 15.8 Å². The molecule has 1 heterocycles. The maximum atomic E-state index is 11.6. The van der Waals surface area contributed by atoms with Crippen molar-refractivity contribution in [3.8, 4) is 0 Å². The number of carbonyl (C=O) groups is 1. The molecule has 3 N–H and O–H groups in total. The van der Waals surface area contributed by atoms with Crippen molar-refractivity contribution in [1.82, 2.24) is 4.98 Å². The zero-order chi connectivity index (χ0) is 13.9. The van der Waals surface area contributed by atoms with E-state index in [0.29, 0.717) is 22.5 Å². The minimum absolute atomic E-state index is 0.339. The molecule has 0 saturated heterocycles. The van der Waals surface area contributed by atoms with Crippen molar-refractivity contribution in [3.63, 3.8) is 0 Å². The van der Waals surface area contributed by atoms with Crippen LogP contribution in [0.25, 0.3) is 0 Å². The molecule has 1 aromatic rings. The van der Waals surface area contributed by atoms with Crippen LogP contribution in [0.2, 0.25) is 0 Å². The minimum atomic E-state index is -0.434. The maximum absolute atomic E-state index is 11.6. The molecule has 0 atom stereocenters. The van der Waals surface area contributed by atoms with Crippen LogP contribution in [0, 0.1) is 5.41 Å². The maximum Gasteiger partial charge on any atom is 0.340 e. The number of rotatable bonds is 5. The van der Waals surface area contributed by atoms with E-state index in [9.17, 15) is 4.79 Å². The number of nitrogen functional groups attached to an aromatic ring is 1. The van der Waals surface area contributed by atoms with Gasteiger partial charge in [0, 0.05) is 6.54 Å². The molecule has 0 amide bonds. The number of nitrogens with one attached hydrogen (secondary N) is 1. The van der Waals surface area contributed by atoms with Crippen LogP contribution in [-0.4, -0.2) is 24.6 Å². The standard InChI is InChI=1S/C14H21N3O2/c1-3-14(5-4-6-14)9-17-12-7-10(13(18)19-2)11(15)8-16-12/h7-8H,3-6,9,15H2,1-2H3,(H,16,17). The molecule has 0 aromatic carbocycles. The van der Waals surface area contributed by atoms with Crippen LogP contribution in [0.15, 0.2) is 12.3 Å². The lowest BCUT2D eigenvalue weighted by Gasteiger charge is -2.41. The van der Waals surface area contributed by atoms with Gasteiger partial charge in [-0.1, -0.05) is 13.3 Å². The van der Waals surface area contributed by atoms with Crippen LogP contribution >= 0.6 is 0 Å². The largest absolute Gasteiger partial charge is 0.465 e. The summed E-state index contributed by atoms with van der Waals surface area (Å²) < 4.78 is 4.70. The Hall–Kier alpha value is -1.78. The Bertz CT molecular complexity index is 464. The number of nitrogens with zero attached hydrogens (tertiary/aromatic N) is 1. The fourth-order valence-electron chi connectivity index (χ4n) is 2.46. The van der Waals surface area contributed by atoms with Gasteiger partial charge in [-0.2, -0.15) is 0 Å². The van der Waals surface area contributed by atoms with E-state index < -0.39 is 5.97 Å². The molecule has 19 heavy (non-hydrogen) atoms. The molecule has 1 fully saturated rings. The molecule has 1 aliphatic rings. The molecule has 104 valence electrons. The van der Waals surface area contributed by atoms with Crippen LogP contribution < -0.4 is 11.1 Å². The summed E-state index contributed by atoms with van der Waals surface area (Å²) in [5.41, 5.74) is 6.82. The molecule has 0 aliphatic heterocycles. The van der Waals surface area contributed by atoms with Gasteiger partial charge in [-0.05, 0) is 30.7 Å². The number of nitrogens with two attached hydrogens (primary N) is 1. The second-order valence-corrected chi connectivity index (χ2v) is 5.21. The molecular weight excluding hydrogens is 242 g/mol. The number of hydrogen-bond donors (Lipinski definition) is 2. The van der Waals surface area contributed by atoms with Crippen molar-refractivity contribution in [1.29, 1.82) is 0 Å². The van der Waals surface area contributed by atoms with Gasteiger partial charge in [0.25, 0.3) is 0 Å². The fraction of sp³-hybridized carbons (Fsp3) is 0.571. The molecule has 2 rings (SSSR count). The van der Waals surface area contributed by atoms with Crippen molar-refractivity contribution >= 4 is 17.5 Å². The third-order valence-electron chi connectivity index (χ3n) is 4.15. The third kappa shape index (κ3) is 2.80. The lowest BCUT2D eigenvalue weighted by Crippen LogP contribution is -2.36. The summed E-state index contributed by atoms with van der Waals surface area (Å²) >= 11 is 0. The number of pyridine rings is 1. The van der Waals surface area contributed by atoms with Gasteiger partial charge in [0.2, 0.25) is 0 Å². The Balaban J connectivity index is 2.06. The van der Waals surface area contributed by atoms with Gasteiger partial charge in [0.05, 0.1) is 24.6 Å². The summed E-state index contributed by atoms with van der Waals surface area (Å²) in [7, 11) is 1.34. The molecule has 1 saturated carbocycles. The number of carbonyl (C=O) groups excluding carboxylic acids is 1. The predicted molar refractivity (Wildman–Crippen MR) is 75.1 cm³/mol. The van der Waals surface area contributed by atoms with E-state index in [2.05, 4.69) is 17.2 Å². The van der Waals surface area contributed by atoms with E-state index in [-0.39, 0.29) is 0 Å². The average Bonchev–Trinajstić information content (AvgIpc) is 2.39. The molecule has 0 radical (unpaired) electrons. The highest BCUT2D eigenvalue weighted by molar-refractivity contribution is 5.95. The van der Waals surface area contributed by atoms with Gasteiger partial charge in [0.15, 0.2) is 0 Å². The molecule has 0 spiro atoms. The van der Waals surface area contributed by atoms with Crippen LogP contribution in [0.1, 0.15) is 43.0 Å². The molecule has 5 nitrogen and oxygen atoms in total. The lowest BCUT2D eigenvalue weighted by atomic mass is 9.67. The van der Waals surface area contributed by atoms with Gasteiger partial charge in [-0.15, -0.1) is 0 Å².